The average Bonchev–Trinajstić information content (AvgIpc) is 2.60. The standard InChI is InChI=1S/C9H14N2O3/c1-3-7(12)4-10-9(13)8-5-11-14-6(8)2/h5,7,12H,3-4H2,1-2H3,(H,10,13). The lowest BCUT2D eigenvalue weighted by Gasteiger charge is -2.08. The van der Waals surface area contributed by atoms with E-state index in [1.165, 1.54) is 6.20 Å². The number of aliphatic hydroxyl groups excluding tert-OH is 1. The topological polar surface area (TPSA) is 75.4 Å². The Morgan fingerprint density at radius 2 is 2.50 bits per heavy atom. The van der Waals surface area contributed by atoms with E-state index < -0.39 is 6.10 Å². The van der Waals surface area contributed by atoms with Crippen LogP contribution >= 0.6 is 0 Å². The molecule has 0 saturated carbocycles. The van der Waals surface area contributed by atoms with Crippen LogP contribution < -0.4 is 5.32 Å². The second-order valence-corrected chi connectivity index (χ2v) is 3.07. The monoisotopic (exact) mass is 198 g/mol. The zero-order valence-electron chi connectivity index (χ0n) is 8.28. The van der Waals surface area contributed by atoms with Crippen molar-refractivity contribution in [1.29, 1.82) is 0 Å². The van der Waals surface area contributed by atoms with Gasteiger partial charge in [0.2, 0.25) is 0 Å². The van der Waals surface area contributed by atoms with Gasteiger partial charge < -0.3 is 14.9 Å². The smallest absolute Gasteiger partial charge is 0.256 e. The molecule has 0 aliphatic rings. The molecule has 0 bridgehead atoms. The van der Waals surface area contributed by atoms with Crippen LogP contribution in [0, 0.1) is 6.92 Å². The summed E-state index contributed by atoms with van der Waals surface area (Å²) in [6, 6.07) is 0. The molecule has 0 spiro atoms. The maximum absolute atomic E-state index is 11.4. The second kappa shape index (κ2) is 4.76. The zero-order chi connectivity index (χ0) is 10.6. The third-order valence-corrected chi connectivity index (χ3v) is 1.96. The number of hydrogen-bond donors (Lipinski definition) is 2. The number of aromatic nitrogens is 1. The Balaban J connectivity index is 2.47. The Kier molecular flexibility index (Phi) is 3.64. The van der Waals surface area contributed by atoms with Crippen LogP contribution in [-0.4, -0.2) is 28.8 Å². The predicted molar refractivity (Wildman–Crippen MR) is 49.9 cm³/mol. The predicted octanol–water partition coefficient (Wildman–Crippen LogP) is 0.484. The van der Waals surface area contributed by atoms with Crippen molar-refractivity contribution < 1.29 is 14.4 Å². The van der Waals surface area contributed by atoms with Crippen LogP contribution in [0.15, 0.2) is 10.7 Å². The van der Waals surface area contributed by atoms with Crippen LogP contribution in [0.1, 0.15) is 29.5 Å². The van der Waals surface area contributed by atoms with Crippen LogP contribution in [0.4, 0.5) is 0 Å². The molecule has 1 rings (SSSR count). The molecule has 1 unspecified atom stereocenters. The van der Waals surface area contributed by atoms with Crippen molar-refractivity contribution in [3.8, 4) is 0 Å². The third-order valence-electron chi connectivity index (χ3n) is 1.96. The van der Waals surface area contributed by atoms with Crippen molar-refractivity contribution in [2.45, 2.75) is 26.4 Å². The van der Waals surface area contributed by atoms with E-state index >= 15 is 0 Å². The van der Waals surface area contributed by atoms with Gasteiger partial charge in [0.25, 0.3) is 5.91 Å². The number of carbonyl (C=O) groups is 1. The van der Waals surface area contributed by atoms with Gasteiger partial charge in [-0.2, -0.15) is 0 Å². The van der Waals surface area contributed by atoms with Crippen molar-refractivity contribution >= 4 is 5.91 Å². The number of nitrogens with zero attached hydrogens (tertiary/aromatic N) is 1. The highest BCUT2D eigenvalue weighted by Gasteiger charge is 2.13. The minimum absolute atomic E-state index is 0.250. The number of amides is 1. The Bertz CT molecular complexity index is 309. The minimum atomic E-state index is -0.501. The van der Waals surface area contributed by atoms with E-state index in [1.807, 2.05) is 6.92 Å². The van der Waals surface area contributed by atoms with Gasteiger partial charge in [-0.3, -0.25) is 4.79 Å². The fourth-order valence-electron chi connectivity index (χ4n) is 0.967. The Labute approximate surface area is 82.1 Å². The summed E-state index contributed by atoms with van der Waals surface area (Å²) in [5.41, 5.74) is 0.410. The molecule has 0 fully saturated rings. The molecule has 5 heteroatoms. The van der Waals surface area contributed by atoms with Crippen molar-refractivity contribution in [2.75, 3.05) is 6.54 Å². The first kappa shape index (κ1) is 10.7. The molecule has 1 atom stereocenters. The number of rotatable bonds is 4. The van der Waals surface area contributed by atoms with E-state index in [1.54, 1.807) is 6.92 Å². The highest BCUT2D eigenvalue weighted by Crippen LogP contribution is 2.05. The molecule has 0 aliphatic heterocycles. The van der Waals surface area contributed by atoms with Crippen LogP contribution in [0.2, 0.25) is 0 Å². The first-order valence-electron chi connectivity index (χ1n) is 4.52. The Morgan fingerprint density at radius 1 is 1.79 bits per heavy atom. The van der Waals surface area contributed by atoms with Gasteiger partial charge >= 0.3 is 0 Å². The van der Waals surface area contributed by atoms with E-state index in [4.69, 9.17) is 4.52 Å². The lowest BCUT2D eigenvalue weighted by molar-refractivity contribution is 0.0912. The maximum atomic E-state index is 11.4. The van der Waals surface area contributed by atoms with Gasteiger partial charge in [-0.05, 0) is 13.3 Å². The van der Waals surface area contributed by atoms with Crippen molar-refractivity contribution in [2.24, 2.45) is 0 Å². The van der Waals surface area contributed by atoms with Crippen LogP contribution in [-0.2, 0) is 0 Å². The van der Waals surface area contributed by atoms with E-state index in [2.05, 4.69) is 10.5 Å². The molecule has 0 aliphatic carbocycles. The summed E-state index contributed by atoms with van der Waals surface area (Å²) in [5.74, 6) is 0.213. The van der Waals surface area contributed by atoms with Gasteiger partial charge in [-0.25, -0.2) is 0 Å². The molecule has 78 valence electrons. The van der Waals surface area contributed by atoms with E-state index in [-0.39, 0.29) is 12.5 Å². The fourth-order valence-corrected chi connectivity index (χ4v) is 0.967. The summed E-state index contributed by atoms with van der Waals surface area (Å²) >= 11 is 0. The maximum Gasteiger partial charge on any atom is 0.256 e. The van der Waals surface area contributed by atoms with Crippen LogP contribution in [0.3, 0.4) is 0 Å². The van der Waals surface area contributed by atoms with Gasteiger partial charge in [0, 0.05) is 6.54 Å². The number of aliphatic hydroxyl groups is 1. The van der Waals surface area contributed by atoms with Gasteiger partial charge in [-0.15, -0.1) is 0 Å². The summed E-state index contributed by atoms with van der Waals surface area (Å²) in [4.78, 5) is 11.4. The first-order valence-corrected chi connectivity index (χ1v) is 4.52. The number of hydrogen-bond acceptors (Lipinski definition) is 4. The molecule has 1 aromatic rings. The van der Waals surface area contributed by atoms with Gasteiger partial charge in [0.1, 0.15) is 11.3 Å². The Hall–Kier alpha value is -1.36. The van der Waals surface area contributed by atoms with Gasteiger partial charge in [0.05, 0.1) is 12.3 Å². The van der Waals surface area contributed by atoms with Crippen LogP contribution in [0.25, 0.3) is 0 Å². The molecule has 2 N–H and O–H groups in total. The average molecular weight is 198 g/mol. The molecule has 0 radical (unpaired) electrons. The summed E-state index contributed by atoms with van der Waals surface area (Å²) < 4.78 is 4.75. The van der Waals surface area contributed by atoms with E-state index in [9.17, 15) is 9.90 Å². The summed E-state index contributed by atoms with van der Waals surface area (Å²) in [6.45, 7) is 3.76. The lowest BCUT2D eigenvalue weighted by atomic mass is 10.2. The largest absolute Gasteiger partial charge is 0.391 e. The summed E-state index contributed by atoms with van der Waals surface area (Å²) in [7, 11) is 0. The van der Waals surface area contributed by atoms with E-state index in [0.717, 1.165) is 0 Å². The molecule has 1 heterocycles. The number of nitrogens with one attached hydrogen (secondary N) is 1. The first-order chi connectivity index (χ1) is 6.65. The highest BCUT2D eigenvalue weighted by molar-refractivity contribution is 5.94. The zero-order valence-corrected chi connectivity index (χ0v) is 8.28. The summed E-state index contributed by atoms with van der Waals surface area (Å²) in [5, 5.41) is 15.3. The fraction of sp³-hybridized carbons (Fsp3) is 0.556. The van der Waals surface area contributed by atoms with Crippen molar-refractivity contribution in [1.82, 2.24) is 10.5 Å². The molecular formula is C9H14N2O3. The van der Waals surface area contributed by atoms with Crippen molar-refractivity contribution in [3.63, 3.8) is 0 Å². The van der Waals surface area contributed by atoms with Crippen molar-refractivity contribution in [3.05, 3.63) is 17.5 Å². The molecule has 1 aromatic heterocycles. The molecule has 0 saturated heterocycles. The molecule has 0 aromatic carbocycles. The quantitative estimate of drug-likeness (QED) is 0.738. The molecule has 5 nitrogen and oxygen atoms in total. The molecule has 1 amide bonds. The SMILES string of the molecule is CCC(O)CNC(=O)c1cnoc1C. The normalized spacial score (nSPS) is 12.5. The molecule has 14 heavy (non-hydrogen) atoms. The minimum Gasteiger partial charge on any atom is -0.391 e. The van der Waals surface area contributed by atoms with Gasteiger partial charge in [-0.1, -0.05) is 12.1 Å². The Morgan fingerprint density at radius 3 is 3.00 bits per heavy atom. The number of aryl methyl sites for hydroxylation is 1. The van der Waals surface area contributed by atoms with E-state index in [0.29, 0.717) is 17.7 Å². The lowest BCUT2D eigenvalue weighted by Crippen LogP contribution is -2.31. The highest BCUT2D eigenvalue weighted by atomic mass is 16.5. The number of carbonyl (C=O) groups excluding carboxylic acids is 1. The molecular weight excluding hydrogens is 184 g/mol. The second-order valence-electron chi connectivity index (χ2n) is 3.07. The summed E-state index contributed by atoms with van der Waals surface area (Å²) in [6.07, 6.45) is 1.48. The van der Waals surface area contributed by atoms with Crippen LogP contribution in [0.5, 0.6) is 0 Å². The third kappa shape index (κ3) is 2.56. The van der Waals surface area contributed by atoms with Gasteiger partial charge in [0.15, 0.2) is 0 Å².